The number of fused-ring (bicyclic) bond motifs is 3. The maximum absolute atomic E-state index is 6.33. The highest BCUT2D eigenvalue weighted by atomic mass is 16.7. The molecular weight excluding hydrogens is 417 g/mol. The van der Waals surface area contributed by atoms with Gasteiger partial charge in [0.25, 0.3) is 0 Å². The summed E-state index contributed by atoms with van der Waals surface area (Å²) in [6.07, 6.45) is 7.29. The van der Waals surface area contributed by atoms with E-state index >= 15 is 0 Å². The molecule has 0 radical (unpaired) electrons. The van der Waals surface area contributed by atoms with E-state index in [1.54, 1.807) is 0 Å². The maximum Gasteiger partial charge on any atom is 0.490 e. The number of aromatic nitrogens is 1. The molecule has 34 heavy (non-hydrogen) atoms. The summed E-state index contributed by atoms with van der Waals surface area (Å²) in [5.74, 6) is 0.321. The van der Waals surface area contributed by atoms with Gasteiger partial charge in [0.1, 0.15) is 0 Å². The highest BCUT2D eigenvalue weighted by molar-refractivity contribution is 6.55. The van der Waals surface area contributed by atoms with Crippen molar-refractivity contribution in [3.63, 3.8) is 0 Å². The molecule has 1 aliphatic heterocycles. The van der Waals surface area contributed by atoms with Gasteiger partial charge in [-0.15, -0.1) is 0 Å². The van der Waals surface area contributed by atoms with Crippen LogP contribution in [0.15, 0.2) is 60.2 Å². The second-order valence-corrected chi connectivity index (χ2v) is 12.1. The van der Waals surface area contributed by atoms with E-state index in [9.17, 15) is 0 Å². The van der Waals surface area contributed by atoms with Gasteiger partial charge in [0.2, 0.25) is 0 Å². The van der Waals surface area contributed by atoms with Crippen molar-refractivity contribution in [1.29, 1.82) is 0 Å². The second-order valence-electron chi connectivity index (χ2n) is 12.1. The van der Waals surface area contributed by atoms with Gasteiger partial charge in [-0.2, -0.15) is 0 Å². The summed E-state index contributed by atoms with van der Waals surface area (Å²) < 4.78 is 12.7. The molecular formula is C30H36BNO2. The molecule has 0 N–H and O–H groups in total. The van der Waals surface area contributed by atoms with Crippen LogP contribution in [0, 0.1) is 5.92 Å². The Balaban J connectivity index is 1.54. The first-order valence-electron chi connectivity index (χ1n) is 12.5. The van der Waals surface area contributed by atoms with Crippen molar-refractivity contribution in [1.82, 2.24) is 4.98 Å². The molecule has 0 saturated carbocycles. The quantitative estimate of drug-likeness (QED) is 0.295. The van der Waals surface area contributed by atoms with E-state index in [1.807, 2.05) is 6.20 Å². The summed E-state index contributed by atoms with van der Waals surface area (Å²) in [5.41, 5.74) is 4.40. The van der Waals surface area contributed by atoms with Gasteiger partial charge in [0.05, 0.1) is 16.9 Å². The van der Waals surface area contributed by atoms with Crippen molar-refractivity contribution < 1.29 is 9.31 Å². The number of nitrogens with zero attached hydrogens (tertiary/aromatic N) is 1. The van der Waals surface area contributed by atoms with Gasteiger partial charge < -0.3 is 9.31 Å². The van der Waals surface area contributed by atoms with Crippen molar-refractivity contribution in [3.05, 3.63) is 71.5 Å². The summed E-state index contributed by atoms with van der Waals surface area (Å²) in [6, 6.07) is 13.5. The molecule has 1 fully saturated rings. The Morgan fingerprint density at radius 1 is 0.882 bits per heavy atom. The monoisotopic (exact) mass is 453 g/mol. The third-order valence-corrected chi connectivity index (χ3v) is 8.03. The first-order chi connectivity index (χ1) is 15.9. The van der Waals surface area contributed by atoms with E-state index in [2.05, 4.69) is 104 Å². The van der Waals surface area contributed by atoms with Gasteiger partial charge >= 0.3 is 7.12 Å². The molecule has 2 aromatic carbocycles. The Bertz CT molecular complexity index is 1330. The Kier molecular flexibility index (Phi) is 5.35. The standard InChI is InChI=1S/C30H36BNO2/c1-19-17-21(10-14-26(19)31-33-29(5,6)30(7,8)34-31)27-25-12-9-20-18-22(28(2,3)4)11-13-23(20)24(25)15-16-32-27/h9-16,18-19H,17H2,1-8H3. The van der Waals surface area contributed by atoms with E-state index in [0.717, 1.165) is 12.1 Å². The molecule has 1 aliphatic carbocycles. The Hall–Kier alpha value is -2.43. The molecule has 176 valence electrons. The van der Waals surface area contributed by atoms with Crippen molar-refractivity contribution in [2.75, 3.05) is 0 Å². The minimum absolute atomic E-state index is 0.136. The van der Waals surface area contributed by atoms with Gasteiger partial charge in [0, 0.05) is 11.6 Å². The zero-order valence-corrected chi connectivity index (χ0v) is 21.8. The van der Waals surface area contributed by atoms with Gasteiger partial charge in [-0.05, 0) is 84.3 Å². The van der Waals surface area contributed by atoms with Crippen LogP contribution in [0.5, 0.6) is 0 Å². The minimum atomic E-state index is -0.326. The van der Waals surface area contributed by atoms with E-state index in [-0.39, 0.29) is 23.7 Å². The topological polar surface area (TPSA) is 31.4 Å². The van der Waals surface area contributed by atoms with Crippen LogP contribution >= 0.6 is 0 Å². The minimum Gasteiger partial charge on any atom is -0.400 e. The van der Waals surface area contributed by atoms with Crippen LogP contribution < -0.4 is 0 Å². The molecule has 1 unspecified atom stereocenters. The average molecular weight is 453 g/mol. The second kappa shape index (κ2) is 7.79. The summed E-state index contributed by atoms with van der Waals surface area (Å²) in [4.78, 5) is 4.84. The first-order valence-corrected chi connectivity index (χ1v) is 12.5. The van der Waals surface area contributed by atoms with Crippen molar-refractivity contribution in [3.8, 4) is 0 Å². The fourth-order valence-corrected chi connectivity index (χ4v) is 5.06. The maximum atomic E-state index is 6.33. The fourth-order valence-electron chi connectivity index (χ4n) is 5.06. The van der Waals surface area contributed by atoms with Crippen LogP contribution in [-0.4, -0.2) is 23.3 Å². The molecule has 1 aromatic heterocycles. The van der Waals surface area contributed by atoms with Gasteiger partial charge in [0.15, 0.2) is 0 Å². The third kappa shape index (κ3) is 3.81. The fraction of sp³-hybridized carbons (Fsp3) is 0.433. The van der Waals surface area contributed by atoms with Crippen LogP contribution in [0.1, 0.15) is 73.1 Å². The number of hydrogen-bond donors (Lipinski definition) is 0. The number of hydrogen-bond acceptors (Lipinski definition) is 3. The molecule has 0 spiro atoms. The van der Waals surface area contributed by atoms with E-state index in [1.165, 1.54) is 38.2 Å². The predicted octanol–water partition coefficient (Wildman–Crippen LogP) is 7.67. The lowest BCUT2D eigenvalue weighted by molar-refractivity contribution is 0.00578. The van der Waals surface area contributed by atoms with Crippen LogP contribution in [0.4, 0.5) is 0 Å². The van der Waals surface area contributed by atoms with Gasteiger partial charge in [-0.1, -0.05) is 70.2 Å². The molecule has 5 rings (SSSR count). The number of allylic oxidation sites excluding steroid dienone is 4. The lowest BCUT2D eigenvalue weighted by Gasteiger charge is -2.32. The Morgan fingerprint density at radius 3 is 2.21 bits per heavy atom. The lowest BCUT2D eigenvalue weighted by Crippen LogP contribution is -2.41. The first kappa shape index (κ1) is 23.3. The molecule has 0 bridgehead atoms. The van der Waals surface area contributed by atoms with Gasteiger partial charge in [-0.25, -0.2) is 0 Å². The highest BCUT2D eigenvalue weighted by Crippen LogP contribution is 2.43. The molecule has 2 aliphatic rings. The largest absolute Gasteiger partial charge is 0.490 e. The van der Waals surface area contributed by atoms with Gasteiger partial charge in [-0.3, -0.25) is 4.98 Å². The predicted molar refractivity (Wildman–Crippen MR) is 144 cm³/mol. The summed E-state index contributed by atoms with van der Waals surface area (Å²) in [6.45, 7) is 17.5. The molecule has 2 heterocycles. The molecule has 1 atom stereocenters. The Labute approximate surface area is 204 Å². The van der Waals surface area contributed by atoms with E-state index in [4.69, 9.17) is 14.3 Å². The summed E-state index contributed by atoms with van der Waals surface area (Å²) >= 11 is 0. The molecule has 3 aromatic rings. The van der Waals surface area contributed by atoms with Crippen LogP contribution in [0.3, 0.4) is 0 Å². The van der Waals surface area contributed by atoms with Crippen molar-refractivity contribution in [2.45, 2.75) is 78.4 Å². The van der Waals surface area contributed by atoms with Crippen molar-refractivity contribution >= 4 is 34.2 Å². The average Bonchev–Trinajstić information content (AvgIpc) is 2.98. The molecule has 1 saturated heterocycles. The van der Waals surface area contributed by atoms with E-state index < -0.39 is 0 Å². The zero-order valence-electron chi connectivity index (χ0n) is 21.8. The summed E-state index contributed by atoms with van der Waals surface area (Å²) in [7, 11) is -0.292. The SMILES string of the molecule is CC1CC(c2nccc3c2ccc2cc(C(C)(C)C)ccc23)=CC=C1B1OC(C)(C)C(C)(C)O1. The summed E-state index contributed by atoms with van der Waals surface area (Å²) in [5, 5.41) is 5.04. The van der Waals surface area contributed by atoms with E-state index in [0.29, 0.717) is 5.92 Å². The smallest absolute Gasteiger partial charge is 0.400 e. The van der Waals surface area contributed by atoms with Crippen molar-refractivity contribution in [2.24, 2.45) is 5.92 Å². The van der Waals surface area contributed by atoms with Crippen LogP contribution in [-0.2, 0) is 14.7 Å². The number of pyridine rings is 1. The Morgan fingerprint density at radius 2 is 1.56 bits per heavy atom. The lowest BCUT2D eigenvalue weighted by atomic mass is 9.67. The number of rotatable bonds is 2. The normalized spacial score (nSPS) is 22.2. The molecule has 3 nitrogen and oxygen atoms in total. The number of benzene rings is 2. The third-order valence-electron chi connectivity index (χ3n) is 8.03. The molecule has 4 heteroatoms. The molecule has 0 amide bonds. The van der Waals surface area contributed by atoms with Crippen LogP contribution in [0.25, 0.3) is 27.1 Å². The highest BCUT2D eigenvalue weighted by Gasteiger charge is 2.53. The zero-order chi connectivity index (χ0) is 24.5. The van der Waals surface area contributed by atoms with Crippen LogP contribution in [0.2, 0.25) is 0 Å².